The highest BCUT2D eigenvalue weighted by Gasteiger charge is 2.43. The predicted molar refractivity (Wildman–Crippen MR) is 392 cm³/mol. The van der Waals surface area contributed by atoms with Crippen molar-refractivity contribution in [3.8, 4) is 0 Å². The summed E-state index contributed by atoms with van der Waals surface area (Å²) in [5.74, 6) is -0.401. The molecule has 1 spiro atoms. The zero-order valence-corrected chi connectivity index (χ0v) is 64.0. The summed E-state index contributed by atoms with van der Waals surface area (Å²) in [6, 6.07) is 5.64. The van der Waals surface area contributed by atoms with Crippen molar-refractivity contribution in [3.63, 3.8) is 0 Å². The lowest BCUT2D eigenvalue weighted by Crippen LogP contribution is -2.60. The minimum atomic E-state index is -4.56. The Bertz CT molecular complexity index is 2510. The summed E-state index contributed by atoms with van der Waals surface area (Å²) in [5.41, 5.74) is -0.350. The molecule has 8 rings (SSSR count). The zero-order chi connectivity index (χ0) is 70.9. The van der Waals surface area contributed by atoms with Crippen molar-refractivity contribution in [3.05, 3.63) is 34.3 Å². The molecule has 3 saturated carbocycles. The van der Waals surface area contributed by atoms with Gasteiger partial charge in [-0.1, -0.05) is 110 Å². The first-order valence-corrected chi connectivity index (χ1v) is 39.6. The highest BCUT2D eigenvalue weighted by molar-refractivity contribution is 6.31. The average Bonchev–Trinajstić information content (AvgIpc) is 1.56. The van der Waals surface area contributed by atoms with Crippen LogP contribution in [0, 0.1) is 23.7 Å². The monoisotopic (exact) mass is 1410 g/mol. The van der Waals surface area contributed by atoms with Gasteiger partial charge in [-0.05, 0) is 168 Å². The van der Waals surface area contributed by atoms with E-state index in [0.717, 1.165) is 147 Å². The minimum absolute atomic E-state index is 0.0262. The fourth-order valence-electron chi connectivity index (χ4n) is 17.9. The fraction of sp³-hybridized carbons (Fsp3) is 0.896. The normalized spacial score (nSPS) is 31.2. The third kappa shape index (κ3) is 24.4. The molecule has 10 atom stereocenters. The molecular weight excluding hydrogens is 1270 g/mol. The van der Waals surface area contributed by atoms with Crippen molar-refractivity contribution in [1.29, 1.82) is 0 Å². The van der Waals surface area contributed by atoms with Crippen LogP contribution >= 0.6 is 11.6 Å². The van der Waals surface area contributed by atoms with Crippen LogP contribution in [0.3, 0.4) is 0 Å². The smallest absolute Gasteiger partial charge is 0.342 e. The van der Waals surface area contributed by atoms with Gasteiger partial charge in [0.2, 0.25) is 11.8 Å². The Morgan fingerprint density at radius 1 is 0.653 bits per heavy atom. The number of nitrogens with one attached hydrogen (secondary N) is 3. The number of alkyl halides is 5. The van der Waals surface area contributed by atoms with Gasteiger partial charge >= 0.3 is 6.18 Å². The number of piperidine rings is 1. The second kappa shape index (κ2) is 38.6. The Labute approximate surface area is 596 Å². The number of nitrogens with zero attached hydrogens (tertiary/aromatic N) is 10. The van der Waals surface area contributed by atoms with Gasteiger partial charge in [0.25, 0.3) is 5.92 Å². The molecular formula is C77H137ClF5N13O2. The van der Waals surface area contributed by atoms with Gasteiger partial charge in [-0.25, -0.2) is 8.78 Å². The van der Waals surface area contributed by atoms with E-state index in [1.165, 1.54) is 76.7 Å². The molecule has 1 aromatic rings. The molecule has 7 aliphatic rings. The molecule has 0 radical (unpaired) electrons. The average molecular weight is 1410 g/mol. The highest BCUT2D eigenvalue weighted by atomic mass is 35.5. The summed E-state index contributed by atoms with van der Waals surface area (Å²) in [7, 11) is 15.9. The predicted octanol–water partition coefficient (Wildman–Crippen LogP) is 11.5. The van der Waals surface area contributed by atoms with Gasteiger partial charge in [0.15, 0.2) is 0 Å². The molecule has 0 unspecified atom stereocenters. The Morgan fingerprint density at radius 3 is 1.96 bits per heavy atom. The maximum absolute atomic E-state index is 14.9. The van der Waals surface area contributed by atoms with E-state index in [-0.39, 0.29) is 78.9 Å². The summed E-state index contributed by atoms with van der Waals surface area (Å²) in [6.45, 7) is 24.6. The van der Waals surface area contributed by atoms with Crippen molar-refractivity contribution in [1.82, 2.24) is 64.9 Å². The molecule has 4 aliphatic heterocycles. The molecule has 15 nitrogen and oxygen atoms in total. The minimum Gasteiger partial charge on any atom is -0.342 e. The molecule has 21 heteroatoms. The molecule has 1 aromatic carbocycles. The molecule has 4 heterocycles. The zero-order valence-electron chi connectivity index (χ0n) is 63.3. The number of fused-ring (bicyclic) bond motifs is 1. The lowest BCUT2D eigenvalue weighted by atomic mass is 9.84. The van der Waals surface area contributed by atoms with E-state index in [1.54, 1.807) is 11.0 Å². The molecule has 3 N–H and O–H groups in total. The largest absolute Gasteiger partial charge is 0.417 e. The van der Waals surface area contributed by atoms with Crippen LogP contribution in [-0.4, -0.2) is 287 Å². The number of likely N-dealkylation sites (N-methyl/N-ethyl adjacent to an activating group) is 7. The third-order valence-corrected chi connectivity index (χ3v) is 25.6. The lowest BCUT2D eigenvalue weighted by molar-refractivity contribution is -0.141. The number of amides is 2. The first-order valence-electron chi connectivity index (χ1n) is 39.3. The molecule has 2 amide bonds. The number of rotatable bonds is 13. The van der Waals surface area contributed by atoms with Gasteiger partial charge in [-0.15, -0.1) is 0 Å². The lowest BCUT2D eigenvalue weighted by Gasteiger charge is -2.47. The van der Waals surface area contributed by atoms with Gasteiger partial charge in [0.1, 0.15) is 0 Å². The fourth-order valence-corrected chi connectivity index (χ4v) is 18.2. The second-order valence-electron chi connectivity index (χ2n) is 33.3. The van der Waals surface area contributed by atoms with E-state index < -0.39 is 17.7 Å². The first-order chi connectivity index (χ1) is 46.6. The number of benzene rings is 1. The quantitative estimate of drug-likeness (QED) is 0.164. The Balaban J connectivity index is 1.10. The second-order valence-corrected chi connectivity index (χ2v) is 33.7. The van der Waals surface area contributed by atoms with Crippen LogP contribution in [-0.2, 0) is 22.2 Å². The van der Waals surface area contributed by atoms with Crippen molar-refractivity contribution in [2.45, 2.75) is 261 Å². The molecule has 0 bridgehead atoms. The van der Waals surface area contributed by atoms with E-state index in [2.05, 4.69) is 144 Å². The molecule has 4 saturated heterocycles. The van der Waals surface area contributed by atoms with E-state index in [0.29, 0.717) is 80.4 Å². The van der Waals surface area contributed by atoms with Crippen molar-refractivity contribution < 1.29 is 31.5 Å². The number of likely N-dealkylation sites (tertiary alicyclic amines) is 2. The maximum atomic E-state index is 14.9. The molecule has 98 heavy (non-hydrogen) atoms. The van der Waals surface area contributed by atoms with E-state index in [9.17, 15) is 31.5 Å². The number of halogens is 6. The van der Waals surface area contributed by atoms with Crippen LogP contribution in [0.15, 0.2) is 18.2 Å². The highest BCUT2D eigenvalue weighted by Crippen LogP contribution is 2.38. The number of carbonyl (C=O) groups is 2. The van der Waals surface area contributed by atoms with Crippen LogP contribution < -0.4 is 16.0 Å². The number of hydrogen-bond donors (Lipinski definition) is 3. The van der Waals surface area contributed by atoms with Crippen LogP contribution in [0.25, 0.3) is 0 Å². The van der Waals surface area contributed by atoms with Gasteiger partial charge in [0, 0.05) is 184 Å². The van der Waals surface area contributed by atoms with E-state index in [1.807, 2.05) is 0 Å². The van der Waals surface area contributed by atoms with Crippen molar-refractivity contribution in [2.75, 3.05) is 161 Å². The number of aryl methyl sites for hydroxylation is 1. The van der Waals surface area contributed by atoms with Crippen molar-refractivity contribution in [2.24, 2.45) is 23.7 Å². The van der Waals surface area contributed by atoms with Crippen LogP contribution in [0.5, 0.6) is 0 Å². The Morgan fingerprint density at radius 2 is 1.34 bits per heavy atom. The summed E-state index contributed by atoms with van der Waals surface area (Å²) >= 11 is 6.36. The van der Waals surface area contributed by atoms with Gasteiger partial charge < -0.3 is 55.1 Å². The molecule has 7 fully saturated rings. The summed E-state index contributed by atoms with van der Waals surface area (Å²) in [5, 5.41) is 12.0. The third-order valence-electron chi connectivity index (χ3n) is 25.3. The summed E-state index contributed by atoms with van der Waals surface area (Å²) in [6.07, 6.45) is 17.9. The van der Waals surface area contributed by atoms with Crippen molar-refractivity contribution >= 4 is 23.4 Å². The summed E-state index contributed by atoms with van der Waals surface area (Å²) < 4.78 is 71.3. The number of carbonyl (C=O) groups excluding carboxylic acids is 2. The molecule has 0 aromatic heterocycles. The topological polar surface area (TPSA) is 103 Å². The van der Waals surface area contributed by atoms with Gasteiger partial charge in [0.05, 0.1) is 16.6 Å². The van der Waals surface area contributed by atoms with Gasteiger partial charge in [-0.3, -0.25) is 19.4 Å². The SMILES string of the molecule is CC[C@H](C)[C@H]1CN(C)[C@@H](C)CN2CC[C@H]2CN(C)[C@@H](CC2CCCCC2)CN(C)CCN[C@@H](CCc2ccc(C(F)(F)F)c(Cl)c2)CN(C)[C@@H](CC(=O)N2CCC(F)(F)CC2)CNC2(CCCC2)CN(C)[C@@H](C2CCCC2)CN(C)[C@H](C(=O)N2CCC2)CCN(C)[C@@H](CC(C)C)CN1. The molecule has 564 valence electrons. The van der Waals surface area contributed by atoms with E-state index in [4.69, 9.17) is 11.6 Å². The standard InChI is InChI=1S/C77H137ClF5N13O2/c1-13-58(4)70-54-89(8)59(5)50-96-40-30-64(96)53-91(10)67(45-60-22-15-14-16-23-60)52-87(6)43-36-84-63(28-26-61-27-29-68(69(78)46-61)77(81,82)83)51-90(9)66(47-73(97)94-41-34-76(79,80)35-42-94)49-86-75(32-19-20-33-75)56-93(12)72(62-24-17-18-25-62)55-92(11)71(74(98)95-37-21-38-95)31-39-88(7)65(48-85-70)44-57(2)3/h27,29,46,57-60,62-67,70-72,84-86H,13-26,28,30-45,47-56H2,1-12H3/t58-,59-,63-,64-,65-,66-,67-,70+,71-,72+/m0/s1. The Hall–Kier alpha value is -2.34. The van der Waals surface area contributed by atoms with Crippen LogP contribution in [0.4, 0.5) is 22.0 Å². The first kappa shape index (κ1) is 81.3. The van der Waals surface area contributed by atoms with Crippen LogP contribution in [0.2, 0.25) is 5.02 Å². The number of hydrogen-bond acceptors (Lipinski definition) is 13. The van der Waals surface area contributed by atoms with Gasteiger partial charge in [-0.2, -0.15) is 13.2 Å². The van der Waals surface area contributed by atoms with E-state index >= 15 is 0 Å². The molecule has 3 aliphatic carbocycles. The van der Waals surface area contributed by atoms with Crippen LogP contribution in [0.1, 0.15) is 193 Å². The Kier molecular flexibility index (Phi) is 32.0. The summed E-state index contributed by atoms with van der Waals surface area (Å²) in [4.78, 5) is 53.6. The maximum Gasteiger partial charge on any atom is 0.417 e.